The summed E-state index contributed by atoms with van der Waals surface area (Å²) >= 11 is 0. The quantitative estimate of drug-likeness (QED) is 0.265. The number of nitrogens with zero attached hydrogens (tertiary/aromatic N) is 6. The molecule has 0 aliphatic carbocycles. The standard InChI is InChI=1S/C33H32N6O6S/c1-4-45-31-26(6-5-13-36-31)33(38-18-16-37(17-19-38)24-11-14-35-15-12-24)27-20-23(22-34)7-9-28(27)39(32(33)40)46(41,42)30-10-8-25(43-2)21-29(30)44-3/h5-15,20-21H,4,16-19H2,1-3H3. The number of methoxy groups -OCH3 is 2. The van der Waals surface area contributed by atoms with Crippen molar-refractivity contribution < 1.29 is 27.4 Å². The number of hydrogen-bond donors (Lipinski definition) is 0. The number of carbonyl (C=O) groups is 1. The number of aromatic nitrogens is 2. The van der Waals surface area contributed by atoms with Gasteiger partial charge in [0.25, 0.3) is 15.9 Å². The molecule has 1 amide bonds. The number of ether oxygens (including phenoxy) is 3. The van der Waals surface area contributed by atoms with Crippen molar-refractivity contribution in [2.24, 2.45) is 0 Å². The fourth-order valence-corrected chi connectivity index (χ4v) is 7.88. The highest BCUT2D eigenvalue weighted by Crippen LogP contribution is 2.53. The molecule has 0 spiro atoms. The SMILES string of the molecule is CCOc1ncccc1C1(N2CCN(c3ccncc3)CC2)C(=O)N(S(=O)(=O)c2ccc(OC)cc2OC)c2ccc(C#N)cc21. The fraction of sp³-hybridized carbons (Fsp3) is 0.273. The fourth-order valence-electron chi connectivity index (χ4n) is 6.28. The van der Waals surface area contributed by atoms with E-state index in [2.05, 4.69) is 20.9 Å². The maximum atomic E-state index is 15.3. The molecule has 2 aliphatic heterocycles. The molecule has 0 saturated carbocycles. The summed E-state index contributed by atoms with van der Waals surface area (Å²) in [7, 11) is -1.76. The normalized spacial score (nSPS) is 18.2. The number of hydrogen-bond acceptors (Lipinski definition) is 11. The van der Waals surface area contributed by atoms with Gasteiger partial charge in [-0.05, 0) is 61.5 Å². The summed E-state index contributed by atoms with van der Waals surface area (Å²) in [6.07, 6.45) is 5.01. The van der Waals surface area contributed by atoms with E-state index < -0.39 is 21.5 Å². The van der Waals surface area contributed by atoms with Crippen LogP contribution < -0.4 is 23.4 Å². The van der Waals surface area contributed by atoms with E-state index in [-0.39, 0.29) is 34.4 Å². The van der Waals surface area contributed by atoms with Crippen LogP contribution in [0.3, 0.4) is 0 Å². The van der Waals surface area contributed by atoms with E-state index in [1.54, 1.807) is 36.8 Å². The molecule has 1 atom stereocenters. The minimum atomic E-state index is -4.57. The number of sulfonamides is 1. The second kappa shape index (κ2) is 12.3. The first kappa shape index (κ1) is 30.8. The minimum Gasteiger partial charge on any atom is -0.497 e. The van der Waals surface area contributed by atoms with Crippen molar-refractivity contribution in [2.45, 2.75) is 17.4 Å². The lowest BCUT2D eigenvalue weighted by atomic mass is 9.81. The maximum Gasteiger partial charge on any atom is 0.274 e. The molecule has 2 aromatic heterocycles. The molecule has 0 N–H and O–H groups in total. The van der Waals surface area contributed by atoms with Crippen LogP contribution in [0.4, 0.5) is 11.4 Å². The smallest absolute Gasteiger partial charge is 0.274 e. The zero-order valence-corrected chi connectivity index (χ0v) is 26.4. The van der Waals surface area contributed by atoms with Crippen molar-refractivity contribution in [1.82, 2.24) is 14.9 Å². The number of rotatable bonds is 9. The van der Waals surface area contributed by atoms with Crippen LogP contribution in [0.5, 0.6) is 17.4 Å². The first-order chi connectivity index (χ1) is 22.3. The number of fused-ring (bicyclic) bond motifs is 1. The van der Waals surface area contributed by atoms with Gasteiger partial charge in [-0.2, -0.15) is 5.26 Å². The number of amides is 1. The van der Waals surface area contributed by atoms with Crippen LogP contribution in [-0.2, 0) is 20.4 Å². The number of pyridine rings is 2. The molecule has 12 nitrogen and oxygen atoms in total. The van der Waals surface area contributed by atoms with Gasteiger partial charge in [0.2, 0.25) is 5.88 Å². The van der Waals surface area contributed by atoms with E-state index in [4.69, 9.17) is 14.2 Å². The molecular formula is C33H32N6O6S. The third kappa shape index (κ3) is 4.86. The minimum absolute atomic E-state index is 0.0159. The topological polar surface area (TPSA) is 138 Å². The van der Waals surface area contributed by atoms with E-state index in [1.807, 2.05) is 24.0 Å². The molecule has 1 saturated heterocycles. The second-order valence-electron chi connectivity index (χ2n) is 10.6. The molecular weight excluding hydrogens is 608 g/mol. The Bertz CT molecular complexity index is 1920. The summed E-state index contributed by atoms with van der Waals surface area (Å²) < 4.78 is 46.8. The molecule has 4 heterocycles. The predicted octanol–water partition coefficient (Wildman–Crippen LogP) is 3.57. The summed E-state index contributed by atoms with van der Waals surface area (Å²) in [6, 6.07) is 18.3. The Balaban J connectivity index is 1.58. The molecule has 2 aliphatic rings. The van der Waals surface area contributed by atoms with Crippen LogP contribution in [0.15, 0.2) is 84.1 Å². The zero-order chi connectivity index (χ0) is 32.5. The Labute approximate surface area is 267 Å². The average Bonchev–Trinajstić information content (AvgIpc) is 3.37. The van der Waals surface area contributed by atoms with Crippen LogP contribution in [0.2, 0.25) is 0 Å². The van der Waals surface area contributed by atoms with E-state index in [9.17, 15) is 13.7 Å². The van der Waals surface area contributed by atoms with Gasteiger partial charge in [-0.15, -0.1) is 0 Å². The number of benzene rings is 2. The highest BCUT2D eigenvalue weighted by atomic mass is 32.2. The van der Waals surface area contributed by atoms with Gasteiger partial charge in [-0.25, -0.2) is 17.7 Å². The lowest BCUT2D eigenvalue weighted by Crippen LogP contribution is -2.60. The van der Waals surface area contributed by atoms with Gasteiger partial charge in [-0.1, -0.05) is 0 Å². The summed E-state index contributed by atoms with van der Waals surface area (Å²) in [4.78, 5) is 27.8. The molecule has 4 aromatic rings. The molecule has 2 aromatic carbocycles. The average molecular weight is 641 g/mol. The van der Waals surface area contributed by atoms with E-state index in [0.29, 0.717) is 43.1 Å². The second-order valence-corrected chi connectivity index (χ2v) is 12.4. The number of nitriles is 1. The number of anilines is 2. The summed E-state index contributed by atoms with van der Waals surface area (Å²) in [5.41, 5.74) is 0.423. The highest BCUT2D eigenvalue weighted by molar-refractivity contribution is 7.93. The van der Waals surface area contributed by atoms with E-state index in [1.165, 1.54) is 44.6 Å². The Morgan fingerprint density at radius 2 is 1.70 bits per heavy atom. The third-order valence-electron chi connectivity index (χ3n) is 8.34. The molecule has 1 fully saturated rings. The van der Waals surface area contributed by atoms with Crippen LogP contribution in [-0.4, -0.2) is 76.2 Å². The summed E-state index contributed by atoms with van der Waals surface area (Å²) in [5, 5.41) is 9.95. The molecule has 46 heavy (non-hydrogen) atoms. The Hall–Kier alpha value is -5.19. The monoisotopic (exact) mass is 640 g/mol. The molecule has 236 valence electrons. The van der Waals surface area contributed by atoms with Crippen molar-refractivity contribution in [3.63, 3.8) is 0 Å². The van der Waals surface area contributed by atoms with Gasteiger partial charge in [-0.3, -0.25) is 14.7 Å². The molecule has 6 rings (SSSR count). The van der Waals surface area contributed by atoms with Gasteiger partial charge in [0.1, 0.15) is 16.4 Å². The van der Waals surface area contributed by atoms with E-state index >= 15 is 4.79 Å². The molecule has 0 radical (unpaired) electrons. The van der Waals surface area contributed by atoms with Gasteiger partial charge in [0.05, 0.1) is 38.1 Å². The zero-order valence-electron chi connectivity index (χ0n) is 25.6. The molecule has 0 bridgehead atoms. The third-order valence-corrected chi connectivity index (χ3v) is 10.1. The Kier molecular flexibility index (Phi) is 8.24. The first-order valence-electron chi connectivity index (χ1n) is 14.7. The van der Waals surface area contributed by atoms with Crippen LogP contribution >= 0.6 is 0 Å². The van der Waals surface area contributed by atoms with Gasteiger partial charge >= 0.3 is 0 Å². The van der Waals surface area contributed by atoms with Crippen LogP contribution in [0.25, 0.3) is 0 Å². The predicted molar refractivity (Wildman–Crippen MR) is 170 cm³/mol. The van der Waals surface area contributed by atoms with Crippen molar-refractivity contribution in [3.05, 3.63) is 95.9 Å². The van der Waals surface area contributed by atoms with Crippen molar-refractivity contribution in [2.75, 3.05) is 56.2 Å². The lowest BCUT2D eigenvalue weighted by Gasteiger charge is -2.45. The first-order valence-corrected chi connectivity index (χ1v) is 16.1. The molecule has 13 heteroatoms. The van der Waals surface area contributed by atoms with Gasteiger partial charge in [0.15, 0.2) is 5.54 Å². The van der Waals surface area contributed by atoms with Crippen molar-refractivity contribution in [3.8, 4) is 23.4 Å². The Morgan fingerprint density at radius 3 is 2.37 bits per heavy atom. The van der Waals surface area contributed by atoms with E-state index in [0.717, 1.165) is 9.99 Å². The lowest BCUT2D eigenvalue weighted by molar-refractivity contribution is -0.127. The van der Waals surface area contributed by atoms with Crippen LogP contribution in [0, 0.1) is 11.3 Å². The number of carbonyl (C=O) groups excluding carboxylic acids is 1. The van der Waals surface area contributed by atoms with Gasteiger partial charge in [0, 0.05) is 67.7 Å². The van der Waals surface area contributed by atoms with Crippen molar-refractivity contribution >= 4 is 27.3 Å². The largest absolute Gasteiger partial charge is 0.497 e. The summed E-state index contributed by atoms with van der Waals surface area (Å²) in [6.45, 7) is 3.91. The van der Waals surface area contributed by atoms with Crippen LogP contribution in [0.1, 0.15) is 23.6 Å². The Morgan fingerprint density at radius 1 is 0.935 bits per heavy atom. The summed E-state index contributed by atoms with van der Waals surface area (Å²) in [5.74, 6) is -0.130. The number of piperazine rings is 1. The highest BCUT2D eigenvalue weighted by Gasteiger charge is 2.61. The van der Waals surface area contributed by atoms with Gasteiger partial charge < -0.3 is 19.1 Å². The van der Waals surface area contributed by atoms with Crippen molar-refractivity contribution in [1.29, 1.82) is 5.26 Å². The maximum absolute atomic E-state index is 15.3. The molecule has 1 unspecified atom stereocenters.